The highest BCUT2D eigenvalue weighted by Gasteiger charge is 2.28. The van der Waals surface area contributed by atoms with Gasteiger partial charge >= 0.3 is 0 Å². The second-order valence-electron chi connectivity index (χ2n) is 4.77. The van der Waals surface area contributed by atoms with Crippen LogP contribution in [0.4, 0.5) is 0 Å². The highest BCUT2D eigenvalue weighted by molar-refractivity contribution is 5.74. The van der Waals surface area contributed by atoms with Gasteiger partial charge in [-0.05, 0) is 26.7 Å². The summed E-state index contributed by atoms with van der Waals surface area (Å²) in [5.74, 6) is -0.424. The van der Waals surface area contributed by atoms with Crippen LogP contribution in [0.15, 0.2) is 0 Å². The molecule has 94 valence electrons. The molecule has 1 rings (SSSR count). The number of carbonyl (C=O) groups excluding carboxylic acids is 1. The van der Waals surface area contributed by atoms with E-state index >= 15 is 0 Å². The van der Waals surface area contributed by atoms with Gasteiger partial charge in [0.25, 0.3) is 0 Å². The molecule has 1 aliphatic heterocycles. The van der Waals surface area contributed by atoms with Crippen molar-refractivity contribution in [3.05, 3.63) is 0 Å². The minimum Gasteiger partial charge on any atom is -0.375 e. The number of primary amides is 1. The summed E-state index contributed by atoms with van der Waals surface area (Å²) < 4.78 is 10.7. The zero-order valence-corrected chi connectivity index (χ0v) is 10.1. The zero-order valence-electron chi connectivity index (χ0n) is 10.1. The maximum atomic E-state index is 10.4. The summed E-state index contributed by atoms with van der Waals surface area (Å²) >= 11 is 0. The Labute approximate surface area is 96.7 Å². The van der Waals surface area contributed by atoms with Gasteiger partial charge in [-0.15, -0.1) is 0 Å². The number of carbonyl (C=O) groups is 1. The Morgan fingerprint density at radius 1 is 1.62 bits per heavy atom. The van der Waals surface area contributed by atoms with E-state index in [9.17, 15) is 4.79 Å². The van der Waals surface area contributed by atoms with E-state index in [1.54, 1.807) is 0 Å². The average Bonchev–Trinajstić information content (AvgIpc) is 2.15. The topological polar surface area (TPSA) is 73.6 Å². The molecule has 0 spiro atoms. The first-order chi connectivity index (χ1) is 7.49. The lowest BCUT2D eigenvalue weighted by atomic mass is 9.94. The molecule has 0 saturated carbocycles. The van der Waals surface area contributed by atoms with Crippen LogP contribution in [0.5, 0.6) is 0 Å². The Bertz CT molecular complexity index is 231. The molecule has 0 bridgehead atoms. The molecule has 1 heterocycles. The van der Waals surface area contributed by atoms with Gasteiger partial charge in [0.15, 0.2) is 0 Å². The SMILES string of the molecule is CC1(C)CC(NCCOCC(N)=O)CCO1. The van der Waals surface area contributed by atoms with Gasteiger partial charge in [-0.1, -0.05) is 0 Å². The molecule has 1 unspecified atom stereocenters. The summed E-state index contributed by atoms with van der Waals surface area (Å²) in [7, 11) is 0. The molecule has 0 aromatic heterocycles. The minimum atomic E-state index is -0.424. The smallest absolute Gasteiger partial charge is 0.243 e. The van der Waals surface area contributed by atoms with Crippen molar-refractivity contribution in [2.24, 2.45) is 5.73 Å². The van der Waals surface area contributed by atoms with E-state index < -0.39 is 5.91 Å². The van der Waals surface area contributed by atoms with Crippen molar-refractivity contribution in [3.63, 3.8) is 0 Å². The van der Waals surface area contributed by atoms with Crippen molar-refractivity contribution in [1.82, 2.24) is 5.32 Å². The van der Waals surface area contributed by atoms with Crippen molar-refractivity contribution in [2.75, 3.05) is 26.4 Å². The molecule has 1 fully saturated rings. The van der Waals surface area contributed by atoms with E-state index in [0.29, 0.717) is 12.6 Å². The van der Waals surface area contributed by atoms with Gasteiger partial charge < -0.3 is 20.5 Å². The Hall–Kier alpha value is -0.650. The Morgan fingerprint density at radius 3 is 3.00 bits per heavy atom. The van der Waals surface area contributed by atoms with E-state index in [0.717, 1.165) is 26.0 Å². The number of hydrogen-bond acceptors (Lipinski definition) is 4. The van der Waals surface area contributed by atoms with Gasteiger partial charge in [-0.3, -0.25) is 4.79 Å². The number of rotatable bonds is 6. The number of amides is 1. The summed E-state index contributed by atoms with van der Waals surface area (Å²) in [6.45, 7) is 6.26. The van der Waals surface area contributed by atoms with Crippen molar-refractivity contribution in [2.45, 2.75) is 38.3 Å². The van der Waals surface area contributed by atoms with Gasteiger partial charge in [0.1, 0.15) is 6.61 Å². The summed E-state index contributed by atoms with van der Waals surface area (Å²) in [4.78, 5) is 10.4. The van der Waals surface area contributed by atoms with Crippen molar-refractivity contribution in [1.29, 1.82) is 0 Å². The monoisotopic (exact) mass is 230 g/mol. The van der Waals surface area contributed by atoms with E-state index in [1.807, 2.05) is 0 Å². The number of nitrogens with one attached hydrogen (secondary N) is 1. The molecule has 0 aliphatic carbocycles. The van der Waals surface area contributed by atoms with Crippen LogP contribution >= 0.6 is 0 Å². The normalized spacial score (nSPS) is 24.2. The molecule has 5 heteroatoms. The number of nitrogens with two attached hydrogens (primary N) is 1. The molecule has 0 aromatic carbocycles. The average molecular weight is 230 g/mol. The van der Waals surface area contributed by atoms with Crippen LogP contribution in [0.3, 0.4) is 0 Å². The fourth-order valence-corrected chi connectivity index (χ4v) is 1.91. The largest absolute Gasteiger partial charge is 0.375 e. The predicted octanol–water partition coefficient (Wildman–Crippen LogP) is 0.0355. The van der Waals surface area contributed by atoms with Crippen LogP contribution in [-0.4, -0.2) is 43.9 Å². The third-order valence-electron chi connectivity index (χ3n) is 2.62. The molecule has 16 heavy (non-hydrogen) atoms. The maximum absolute atomic E-state index is 10.4. The third kappa shape index (κ3) is 5.44. The van der Waals surface area contributed by atoms with E-state index in [1.165, 1.54) is 0 Å². The molecule has 1 atom stereocenters. The molecule has 1 amide bonds. The van der Waals surface area contributed by atoms with Crippen LogP contribution in [0.2, 0.25) is 0 Å². The predicted molar refractivity (Wildman–Crippen MR) is 61.1 cm³/mol. The summed E-state index contributed by atoms with van der Waals surface area (Å²) in [6, 6.07) is 0.473. The van der Waals surface area contributed by atoms with Crippen LogP contribution < -0.4 is 11.1 Å². The summed E-state index contributed by atoms with van der Waals surface area (Å²) in [5, 5.41) is 3.39. The lowest BCUT2D eigenvalue weighted by molar-refractivity contribution is -0.122. The quantitative estimate of drug-likeness (QED) is 0.632. The molecule has 0 aromatic rings. The van der Waals surface area contributed by atoms with Crippen molar-refractivity contribution >= 4 is 5.91 Å². The molecule has 5 nitrogen and oxygen atoms in total. The summed E-state index contributed by atoms with van der Waals surface area (Å²) in [5.41, 5.74) is 4.91. The van der Waals surface area contributed by atoms with Gasteiger partial charge in [-0.25, -0.2) is 0 Å². The van der Waals surface area contributed by atoms with Gasteiger partial charge in [0.2, 0.25) is 5.91 Å². The van der Waals surface area contributed by atoms with Crippen LogP contribution in [0.25, 0.3) is 0 Å². The van der Waals surface area contributed by atoms with E-state index in [2.05, 4.69) is 19.2 Å². The lowest BCUT2D eigenvalue weighted by Gasteiger charge is -2.35. The molecule has 1 aliphatic rings. The Balaban J connectivity index is 2.06. The van der Waals surface area contributed by atoms with Crippen molar-refractivity contribution in [3.8, 4) is 0 Å². The minimum absolute atomic E-state index is 0.000943. The third-order valence-corrected chi connectivity index (χ3v) is 2.62. The fraction of sp³-hybridized carbons (Fsp3) is 0.909. The van der Waals surface area contributed by atoms with Gasteiger partial charge in [0.05, 0.1) is 12.2 Å². The van der Waals surface area contributed by atoms with Crippen LogP contribution in [-0.2, 0) is 14.3 Å². The molecule has 0 radical (unpaired) electrons. The van der Waals surface area contributed by atoms with Crippen LogP contribution in [0.1, 0.15) is 26.7 Å². The van der Waals surface area contributed by atoms with Crippen LogP contribution in [0, 0.1) is 0 Å². The standard InChI is InChI=1S/C11H22N2O3/c1-11(2)7-9(3-5-16-11)13-4-6-15-8-10(12)14/h9,13H,3-8H2,1-2H3,(H2,12,14). The highest BCUT2D eigenvalue weighted by Crippen LogP contribution is 2.23. The lowest BCUT2D eigenvalue weighted by Crippen LogP contribution is -2.44. The second kappa shape index (κ2) is 6.18. The Morgan fingerprint density at radius 2 is 2.38 bits per heavy atom. The number of hydrogen-bond donors (Lipinski definition) is 2. The van der Waals surface area contributed by atoms with Gasteiger partial charge in [-0.2, -0.15) is 0 Å². The molecular weight excluding hydrogens is 208 g/mol. The maximum Gasteiger partial charge on any atom is 0.243 e. The van der Waals surface area contributed by atoms with Gasteiger partial charge in [0, 0.05) is 19.2 Å². The number of ether oxygens (including phenoxy) is 2. The first-order valence-corrected chi connectivity index (χ1v) is 5.73. The fourth-order valence-electron chi connectivity index (χ4n) is 1.91. The zero-order chi connectivity index (χ0) is 12.0. The highest BCUT2D eigenvalue weighted by atomic mass is 16.5. The first-order valence-electron chi connectivity index (χ1n) is 5.73. The van der Waals surface area contributed by atoms with Crippen molar-refractivity contribution < 1.29 is 14.3 Å². The van der Waals surface area contributed by atoms with E-state index in [4.69, 9.17) is 15.2 Å². The Kier molecular flexibility index (Phi) is 5.18. The second-order valence-corrected chi connectivity index (χ2v) is 4.77. The molecular formula is C11H22N2O3. The molecule has 3 N–H and O–H groups in total. The molecule has 1 saturated heterocycles. The summed E-state index contributed by atoms with van der Waals surface area (Å²) in [6.07, 6.45) is 2.03. The van der Waals surface area contributed by atoms with E-state index in [-0.39, 0.29) is 12.2 Å². The first kappa shape index (κ1) is 13.4.